The van der Waals surface area contributed by atoms with E-state index >= 15 is 0 Å². The smallest absolute Gasteiger partial charge is 0.157 e. The number of hydrogen-bond acceptors (Lipinski definition) is 4. The van der Waals surface area contributed by atoms with Crippen LogP contribution in [0.3, 0.4) is 0 Å². The first-order valence-electron chi connectivity index (χ1n) is 10.5. The molecule has 1 nitrogen and oxygen atoms in total. The highest BCUT2D eigenvalue weighted by Gasteiger charge is 2.05. The van der Waals surface area contributed by atoms with E-state index < -0.39 is 6.34 Å². The van der Waals surface area contributed by atoms with Crippen molar-refractivity contribution in [3.63, 3.8) is 0 Å². The topological polar surface area (TPSA) is 17.1 Å². The van der Waals surface area contributed by atoms with Gasteiger partial charge in [0.15, 0.2) is 6.34 Å². The lowest BCUT2D eigenvalue weighted by Crippen LogP contribution is -1.60. The zero-order valence-corrected chi connectivity index (χ0v) is 25.4. The molecule has 0 saturated carbocycles. The highest BCUT2D eigenvalue weighted by atomic mass is 32.7. The van der Waals surface area contributed by atoms with Gasteiger partial charge in [0.25, 0.3) is 0 Å². The van der Waals surface area contributed by atoms with E-state index in [4.69, 9.17) is 0 Å². The Labute approximate surface area is 186 Å². The molecular formula is C21H59OPS3. The fourth-order valence-corrected chi connectivity index (χ4v) is 2.54. The first-order valence-corrected chi connectivity index (χ1v) is 16.5. The van der Waals surface area contributed by atoms with Gasteiger partial charge in [-0.15, -0.1) is 11.8 Å². The van der Waals surface area contributed by atoms with E-state index in [0.29, 0.717) is 0 Å². The predicted octanol–water partition coefficient (Wildman–Crippen LogP) is 11.2. The third kappa shape index (κ3) is 177. The second kappa shape index (κ2) is 113. The maximum Gasteiger partial charge on any atom is 0.157 e. The quantitative estimate of drug-likeness (QED) is 0.337. The van der Waals surface area contributed by atoms with Gasteiger partial charge in [-0.3, -0.25) is 0 Å². The third-order valence-electron chi connectivity index (χ3n) is 0.830. The minimum absolute atomic E-state index is 0.944. The van der Waals surface area contributed by atoms with Crippen LogP contribution in [-0.4, -0.2) is 24.9 Å². The van der Waals surface area contributed by atoms with Crippen molar-refractivity contribution >= 4 is 42.1 Å². The molecule has 0 saturated heterocycles. The van der Waals surface area contributed by atoms with E-state index in [0.717, 1.165) is 5.75 Å². The molecule has 0 rings (SSSR count). The van der Waals surface area contributed by atoms with E-state index in [-0.39, 0.29) is 0 Å². The van der Waals surface area contributed by atoms with Crippen LogP contribution >= 0.6 is 42.1 Å². The molecule has 5 heteroatoms. The minimum Gasteiger partial charge on any atom is -0.308 e. The Hall–Kier alpha value is 1.02. The lowest BCUT2D eigenvalue weighted by atomic mass is 11.0. The summed E-state index contributed by atoms with van der Waals surface area (Å²) in [6.07, 6.45) is 1.85. The van der Waals surface area contributed by atoms with Crippen molar-refractivity contribution in [1.29, 1.82) is 0 Å². The lowest BCUT2D eigenvalue weighted by Gasteiger charge is -1.99. The monoisotopic (exact) mass is 454 g/mol. The van der Waals surface area contributed by atoms with Crippen LogP contribution in [0.15, 0.2) is 11.2 Å². The molecule has 0 spiro atoms. The van der Waals surface area contributed by atoms with Crippen LogP contribution in [0.1, 0.15) is 104 Å². The fourth-order valence-electron chi connectivity index (χ4n) is 0.232. The van der Waals surface area contributed by atoms with Gasteiger partial charge in [0.1, 0.15) is 0 Å². The molecule has 0 amide bonds. The molecule has 0 N–H and O–H groups in total. The Morgan fingerprint density at radius 1 is 0.731 bits per heavy atom. The summed E-state index contributed by atoms with van der Waals surface area (Å²) in [7, 11) is 0. The Bertz CT molecular complexity index is 165. The first-order chi connectivity index (χ1) is 12.5. The van der Waals surface area contributed by atoms with Crippen LogP contribution in [0.2, 0.25) is 0 Å². The number of thiol groups is 1. The molecule has 1 unspecified atom stereocenters. The summed E-state index contributed by atoms with van der Waals surface area (Å²) >= 11 is 6.79. The molecule has 0 bridgehead atoms. The number of rotatable bonds is 3. The van der Waals surface area contributed by atoms with Crippen molar-refractivity contribution in [2.75, 3.05) is 24.9 Å². The molecule has 1 atom stereocenters. The average Bonchev–Trinajstić information content (AvgIpc) is 2.77. The van der Waals surface area contributed by atoms with Crippen LogP contribution < -0.4 is 0 Å². The maximum absolute atomic E-state index is 11.2. The van der Waals surface area contributed by atoms with Gasteiger partial charge in [-0.25, -0.2) is 0 Å². The van der Waals surface area contributed by atoms with Gasteiger partial charge in [-0.05, 0) is 29.5 Å². The van der Waals surface area contributed by atoms with E-state index in [1.165, 1.54) is 11.4 Å². The van der Waals surface area contributed by atoms with Crippen LogP contribution in [0.4, 0.5) is 0 Å². The lowest BCUT2D eigenvalue weighted by molar-refractivity contribution is 0.593. The number of thioether (sulfide) groups is 1. The van der Waals surface area contributed by atoms with E-state index in [1.54, 1.807) is 24.2 Å². The van der Waals surface area contributed by atoms with Gasteiger partial charge < -0.3 is 4.57 Å². The SMILES string of the molecule is CC.CC.CC.CC.CC.CC.CC.CCS.CSC=CP(C)(=O)SC. The van der Waals surface area contributed by atoms with Crippen molar-refractivity contribution in [1.82, 2.24) is 0 Å². The minimum atomic E-state index is -1.97. The molecule has 0 aliphatic carbocycles. The molecule has 0 fully saturated rings. The highest BCUT2D eigenvalue weighted by Crippen LogP contribution is 2.55. The average molecular weight is 455 g/mol. The summed E-state index contributed by atoms with van der Waals surface area (Å²) in [5.41, 5.74) is 0. The number of hydrogen-bond donors (Lipinski definition) is 1. The largest absolute Gasteiger partial charge is 0.308 e. The van der Waals surface area contributed by atoms with Gasteiger partial charge in [0.05, 0.1) is 0 Å². The normalized spacial score (nSPS) is 8.58. The maximum atomic E-state index is 11.2. The molecule has 0 aliphatic heterocycles. The summed E-state index contributed by atoms with van der Waals surface area (Å²) in [6.45, 7) is 31.8. The Balaban J connectivity index is -0.0000000206. The second-order valence-electron chi connectivity index (χ2n) is 1.93. The van der Waals surface area contributed by atoms with Crippen molar-refractivity contribution in [2.45, 2.75) is 104 Å². The Morgan fingerprint density at radius 3 is 1.04 bits per heavy atom. The van der Waals surface area contributed by atoms with Gasteiger partial charge in [-0.1, -0.05) is 115 Å². The van der Waals surface area contributed by atoms with Crippen LogP contribution in [0, 0.1) is 0 Å². The van der Waals surface area contributed by atoms with Gasteiger partial charge in [0.2, 0.25) is 0 Å². The van der Waals surface area contributed by atoms with Crippen LogP contribution in [0.5, 0.6) is 0 Å². The zero-order chi connectivity index (χ0) is 24.0. The summed E-state index contributed by atoms with van der Waals surface area (Å²) in [4.78, 5) is 0. The zero-order valence-electron chi connectivity index (χ0n) is 22.0. The summed E-state index contributed by atoms with van der Waals surface area (Å²) in [6, 6.07) is 0. The Morgan fingerprint density at radius 2 is 0.923 bits per heavy atom. The predicted molar refractivity (Wildman–Crippen MR) is 149 cm³/mol. The van der Waals surface area contributed by atoms with Crippen molar-refractivity contribution < 1.29 is 4.57 Å². The molecule has 0 aromatic rings. The van der Waals surface area contributed by atoms with E-state index in [9.17, 15) is 4.57 Å². The third-order valence-corrected chi connectivity index (χ3v) is 5.40. The van der Waals surface area contributed by atoms with E-state index in [1.807, 2.05) is 122 Å². The summed E-state index contributed by atoms with van der Waals surface area (Å²) in [5, 5.41) is 1.87. The van der Waals surface area contributed by atoms with Gasteiger partial charge in [-0.2, -0.15) is 12.6 Å². The molecule has 0 aliphatic rings. The van der Waals surface area contributed by atoms with Crippen molar-refractivity contribution in [2.24, 2.45) is 0 Å². The molecule has 26 heavy (non-hydrogen) atoms. The fraction of sp³-hybridized carbons (Fsp3) is 0.905. The van der Waals surface area contributed by atoms with Crippen molar-refractivity contribution in [3.8, 4) is 0 Å². The van der Waals surface area contributed by atoms with E-state index in [2.05, 4.69) is 12.6 Å². The van der Waals surface area contributed by atoms with Crippen molar-refractivity contribution in [3.05, 3.63) is 11.2 Å². The highest BCUT2D eigenvalue weighted by molar-refractivity contribution is 8.58. The molecule has 0 aromatic carbocycles. The molecule has 172 valence electrons. The Kier molecular flexibility index (Phi) is 244. The molecular weight excluding hydrogens is 395 g/mol. The first kappa shape index (κ1) is 56.3. The summed E-state index contributed by atoms with van der Waals surface area (Å²) < 4.78 is 11.2. The standard InChI is InChI=1S/C5H11OPS2.C2H6S.7C2H6/c1-7(6,9-3)4-5-8-2;1-2-3;7*1-2/h4-5H,1-3H3;3H,2H2,1H3;7*1-2H3. The second-order valence-corrected chi connectivity index (χ2v) is 9.06. The molecule has 0 radical (unpaired) electrons. The van der Waals surface area contributed by atoms with Gasteiger partial charge in [0, 0.05) is 6.66 Å². The van der Waals surface area contributed by atoms with Crippen LogP contribution in [-0.2, 0) is 4.57 Å². The van der Waals surface area contributed by atoms with Gasteiger partial charge >= 0.3 is 0 Å². The molecule has 0 aromatic heterocycles. The van der Waals surface area contributed by atoms with Crippen LogP contribution in [0.25, 0.3) is 0 Å². The molecule has 0 heterocycles. The summed E-state index contributed by atoms with van der Waals surface area (Å²) in [5.74, 6) is 2.72.